The van der Waals surface area contributed by atoms with Crippen LogP contribution in [0.5, 0.6) is 0 Å². The summed E-state index contributed by atoms with van der Waals surface area (Å²) in [5.74, 6) is 0.839. The third-order valence-electron chi connectivity index (χ3n) is 1.70. The molecular formula is C10H17NO. The lowest BCUT2D eigenvalue weighted by Crippen LogP contribution is -2.11. The van der Waals surface area contributed by atoms with E-state index in [2.05, 4.69) is 32.7 Å². The number of oxazole rings is 1. The monoisotopic (exact) mass is 167 g/mol. The van der Waals surface area contributed by atoms with E-state index in [1.165, 1.54) is 0 Å². The molecule has 0 amide bonds. The maximum absolute atomic E-state index is 5.37. The van der Waals surface area contributed by atoms with Gasteiger partial charge in [0.25, 0.3) is 0 Å². The third-order valence-corrected chi connectivity index (χ3v) is 1.70. The summed E-state index contributed by atoms with van der Waals surface area (Å²) in [5.41, 5.74) is 1.11. The molecule has 1 rings (SSSR count). The largest absolute Gasteiger partial charge is 0.448 e. The standard InChI is InChI=1S/C10H17NO/c1-5-6-8-7-12-9(11-8)10(2,3)4/h7H,5-6H2,1-4H3. The summed E-state index contributed by atoms with van der Waals surface area (Å²) in [7, 11) is 0. The topological polar surface area (TPSA) is 26.0 Å². The molecule has 68 valence electrons. The van der Waals surface area contributed by atoms with Gasteiger partial charge in [-0.3, -0.25) is 0 Å². The van der Waals surface area contributed by atoms with Gasteiger partial charge in [0.05, 0.1) is 5.69 Å². The van der Waals surface area contributed by atoms with E-state index in [0.717, 1.165) is 24.4 Å². The molecule has 0 saturated heterocycles. The Morgan fingerprint density at radius 3 is 2.50 bits per heavy atom. The minimum Gasteiger partial charge on any atom is -0.448 e. The van der Waals surface area contributed by atoms with Gasteiger partial charge in [-0.15, -0.1) is 0 Å². The zero-order valence-corrected chi connectivity index (χ0v) is 8.35. The van der Waals surface area contributed by atoms with E-state index in [-0.39, 0.29) is 5.41 Å². The summed E-state index contributed by atoms with van der Waals surface area (Å²) in [6, 6.07) is 0. The van der Waals surface area contributed by atoms with Crippen molar-refractivity contribution in [1.82, 2.24) is 4.98 Å². The van der Waals surface area contributed by atoms with Gasteiger partial charge in [0.1, 0.15) is 6.26 Å². The highest BCUT2D eigenvalue weighted by Crippen LogP contribution is 2.21. The molecule has 2 nitrogen and oxygen atoms in total. The highest BCUT2D eigenvalue weighted by molar-refractivity contribution is 5.03. The van der Waals surface area contributed by atoms with Gasteiger partial charge >= 0.3 is 0 Å². The molecule has 0 aliphatic heterocycles. The summed E-state index contributed by atoms with van der Waals surface area (Å²) in [4.78, 5) is 4.40. The van der Waals surface area contributed by atoms with Crippen LogP contribution in [0.3, 0.4) is 0 Å². The fraction of sp³-hybridized carbons (Fsp3) is 0.700. The SMILES string of the molecule is CCCc1coc(C(C)(C)C)n1. The number of nitrogens with zero attached hydrogens (tertiary/aromatic N) is 1. The first-order valence-corrected chi connectivity index (χ1v) is 4.49. The molecule has 0 N–H and O–H groups in total. The number of hydrogen-bond donors (Lipinski definition) is 0. The zero-order chi connectivity index (χ0) is 9.19. The van der Waals surface area contributed by atoms with Gasteiger partial charge < -0.3 is 4.42 Å². The molecule has 0 fully saturated rings. The Balaban J connectivity index is 2.77. The van der Waals surface area contributed by atoms with Crippen LogP contribution in [0.15, 0.2) is 10.7 Å². The molecule has 0 radical (unpaired) electrons. The Bertz CT molecular complexity index is 245. The van der Waals surface area contributed by atoms with Gasteiger partial charge in [-0.05, 0) is 6.42 Å². The average Bonchev–Trinajstić information content (AvgIpc) is 2.35. The number of hydrogen-bond acceptors (Lipinski definition) is 2. The summed E-state index contributed by atoms with van der Waals surface area (Å²) < 4.78 is 5.37. The number of aryl methyl sites for hydroxylation is 1. The van der Waals surface area contributed by atoms with E-state index in [4.69, 9.17) is 4.42 Å². The third kappa shape index (κ3) is 2.10. The lowest BCUT2D eigenvalue weighted by molar-refractivity contribution is 0.392. The van der Waals surface area contributed by atoms with Crippen molar-refractivity contribution in [3.63, 3.8) is 0 Å². The lowest BCUT2D eigenvalue weighted by Gasteiger charge is -2.11. The maximum Gasteiger partial charge on any atom is 0.199 e. The fourth-order valence-electron chi connectivity index (χ4n) is 1.02. The molecule has 0 aliphatic carbocycles. The molecule has 0 aromatic carbocycles. The minimum absolute atomic E-state index is 0.0337. The highest BCUT2D eigenvalue weighted by atomic mass is 16.3. The van der Waals surface area contributed by atoms with E-state index < -0.39 is 0 Å². The second kappa shape index (κ2) is 3.30. The Hall–Kier alpha value is -0.790. The van der Waals surface area contributed by atoms with Gasteiger partial charge in [-0.1, -0.05) is 34.1 Å². The van der Waals surface area contributed by atoms with Crippen molar-refractivity contribution in [2.24, 2.45) is 0 Å². The van der Waals surface area contributed by atoms with Gasteiger partial charge in [0, 0.05) is 5.41 Å². The molecule has 0 saturated carbocycles. The van der Waals surface area contributed by atoms with Crippen molar-refractivity contribution in [2.75, 3.05) is 0 Å². The minimum atomic E-state index is 0.0337. The molecule has 1 aromatic rings. The summed E-state index contributed by atoms with van der Waals surface area (Å²) in [6.07, 6.45) is 3.90. The van der Waals surface area contributed by atoms with Crippen molar-refractivity contribution in [3.8, 4) is 0 Å². The molecule has 0 aliphatic rings. The first-order chi connectivity index (χ1) is 5.54. The molecule has 2 heteroatoms. The van der Waals surface area contributed by atoms with Crippen molar-refractivity contribution in [2.45, 2.75) is 46.0 Å². The molecule has 0 atom stereocenters. The van der Waals surface area contributed by atoms with Crippen molar-refractivity contribution >= 4 is 0 Å². The van der Waals surface area contributed by atoms with Gasteiger partial charge in [-0.2, -0.15) is 0 Å². The van der Waals surface area contributed by atoms with Gasteiger partial charge in [0.15, 0.2) is 5.89 Å². The van der Waals surface area contributed by atoms with Crippen LogP contribution in [0.1, 0.15) is 45.7 Å². The van der Waals surface area contributed by atoms with E-state index >= 15 is 0 Å². The molecule has 0 bridgehead atoms. The second-order valence-corrected chi connectivity index (χ2v) is 4.14. The van der Waals surface area contributed by atoms with Crippen molar-refractivity contribution in [1.29, 1.82) is 0 Å². The van der Waals surface area contributed by atoms with E-state index in [1.807, 2.05) is 0 Å². The first kappa shape index (κ1) is 9.30. The van der Waals surface area contributed by atoms with Crippen LogP contribution in [0.4, 0.5) is 0 Å². The number of aromatic nitrogens is 1. The summed E-state index contributed by atoms with van der Waals surface area (Å²) in [6.45, 7) is 8.46. The number of rotatable bonds is 2. The van der Waals surface area contributed by atoms with Crippen molar-refractivity contribution in [3.05, 3.63) is 17.8 Å². The average molecular weight is 167 g/mol. The maximum atomic E-state index is 5.37. The van der Waals surface area contributed by atoms with Crippen LogP contribution in [0.2, 0.25) is 0 Å². The highest BCUT2D eigenvalue weighted by Gasteiger charge is 2.19. The predicted octanol–water partition coefficient (Wildman–Crippen LogP) is 2.92. The second-order valence-electron chi connectivity index (χ2n) is 4.14. The molecular weight excluding hydrogens is 150 g/mol. The molecule has 0 unspecified atom stereocenters. The van der Waals surface area contributed by atoms with E-state index in [0.29, 0.717) is 0 Å². The van der Waals surface area contributed by atoms with Crippen LogP contribution >= 0.6 is 0 Å². The fourth-order valence-corrected chi connectivity index (χ4v) is 1.02. The van der Waals surface area contributed by atoms with Gasteiger partial charge in [0.2, 0.25) is 0 Å². The van der Waals surface area contributed by atoms with Crippen LogP contribution in [-0.2, 0) is 11.8 Å². The van der Waals surface area contributed by atoms with Crippen LogP contribution in [0.25, 0.3) is 0 Å². The normalized spacial score (nSPS) is 12.0. The Labute approximate surface area is 74.0 Å². The Morgan fingerprint density at radius 2 is 2.08 bits per heavy atom. The Morgan fingerprint density at radius 1 is 1.42 bits per heavy atom. The van der Waals surface area contributed by atoms with Crippen LogP contribution < -0.4 is 0 Å². The molecule has 1 heterocycles. The van der Waals surface area contributed by atoms with Crippen molar-refractivity contribution < 1.29 is 4.42 Å². The zero-order valence-electron chi connectivity index (χ0n) is 8.35. The molecule has 0 spiro atoms. The van der Waals surface area contributed by atoms with E-state index in [1.54, 1.807) is 6.26 Å². The first-order valence-electron chi connectivity index (χ1n) is 4.49. The van der Waals surface area contributed by atoms with Crippen LogP contribution in [0, 0.1) is 0 Å². The quantitative estimate of drug-likeness (QED) is 0.677. The lowest BCUT2D eigenvalue weighted by atomic mass is 9.97. The predicted molar refractivity (Wildman–Crippen MR) is 49.2 cm³/mol. The van der Waals surface area contributed by atoms with Gasteiger partial charge in [-0.25, -0.2) is 4.98 Å². The smallest absolute Gasteiger partial charge is 0.199 e. The molecule has 1 aromatic heterocycles. The summed E-state index contributed by atoms with van der Waals surface area (Å²) in [5, 5.41) is 0. The van der Waals surface area contributed by atoms with Crippen LogP contribution in [-0.4, -0.2) is 4.98 Å². The summed E-state index contributed by atoms with van der Waals surface area (Å²) >= 11 is 0. The molecule has 12 heavy (non-hydrogen) atoms. The van der Waals surface area contributed by atoms with E-state index in [9.17, 15) is 0 Å². The Kier molecular flexibility index (Phi) is 2.55.